The maximum atomic E-state index is 13.1. The van der Waals surface area contributed by atoms with Gasteiger partial charge >= 0.3 is 6.09 Å². The molecule has 1 fully saturated rings. The lowest BCUT2D eigenvalue weighted by Crippen LogP contribution is -2.28. The van der Waals surface area contributed by atoms with Gasteiger partial charge in [-0.15, -0.1) is 0 Å². The summed E-state index contributed by atoms with van der Waals surface area (Å²) in [7, 11) is 0. The number of anilines is 2. The van der Waals surface area contributed by atoms with E-state index < -0.39 is 0 Å². The van der Waals surface area contributed by atoms with Gasteiger partial charge in [-0.2, -0.15) is 9.97 Å². The molecule has 1 atom stereocenters. The number of hydrogen-bond acceptors (Lipinski definition) is 8. The molecule has 2 amide bonds. The number of carbonyl (C=O) groups excluding carboxylic acids is 2. The zero-order valence-electron chi connectivity index (χ0n) is 23.8. The Kier molecular flexibility index (Phi) is 8.17. The number of carbonyl (C=O) groups is 2. The van der Waals surface area contributed by atoms with Gasteiger partial charge in [0.1, 0.15) is 12.4 Å². The third-order valence-corrected chi connectivity index (χ3v) is 7.14. The van der Waals surface area contributed by atoms with E-state index in [4.69, 9.17) is 10.5 Å². The van der Waals surface area contributed by atoms with Crippen molar-refractivity contribution in [1.29, 1.82) is 0 Å². The highest BCUT2D eigenvalue weighted by Crippen LogP contribution is 2.29. The van der Waals surface area contributed by atoms with Gasteiger partial charge in [0.05, 0.1) is 12.6 Å². The molecule has 0 saturated carbocycles. The number of nitrogen functional groups attached to an aromatic ring is 1. The minimum atomic E-state index is -0.386. The minimum absolute atomic E-state index is 0.0205. The Hall–Kier alpha value is -4.83. The predicted octanol–water partition coefficient (Wildman–Crippen LogP) is 4.40. The standard InChI is InChI=1S/C32H34N6O4/c1-32(2,3)22-13-11-21(12-14-22)29(40)35-26-6-4-5-24(25(26)17-39)28-36-27(37-30(33)38-28)16-20-9-7-19(8-10-20)15-23-18-42-31(41)34-23/h4-14,23,39H,15-18H2,1-3H3,(H,34,41)(H,35,40)(H2,33,36,37,38)/t23-/m0/s1. The van der Waals surface area contributed by atoms with Gasteiger partial charge < -0.3 is 26.2 Å². The summed E-state index contributed by atoms with van der Waals surface area (Å²) in [6.45, 7) is 6.37. The van der Waals surface area contributed by atoms with E-state index in [0.717, 1.165) is 16.7 Å². The van der Waals surface area contributed by atoms with Gasteiger partial charge in [-0.25, -0.2) is 9.78 Å². The molecule has 216 valence electrons. The van der Waals surface area contributed by atoms with Crippen molar-refractivity contribution in [3.05, 3.63) is 100 Å². The molecule has 10 nitrogen and oxygen atoms in total. The Bertz CT molecular complexity index is 1600. The number of alkyl carbamates (subject to hydrolysis) is 1. The van der Waals surface area contributed by atoms with Gasteiger partial charge in [0.25, 0.3) is 5.91 Å². The Morgan fingerprint density at radius 1 is 1.02 bits per heavy atom. The van der Waals surface area contributed by atoms with Crippen molar-refractivity contribution >= 4 is 23.6 Å². The van der Waals surface area contributed by atoms with E-state index in [2.05, 4.69) is 46.4 Å². The molecule has 0 unspecified atom stereocenters. The number of amides is 2. The van der Waals surface area contributed by atoms with E-state index in [9.17, 15) is 14.7 Å². The summed E-state index contributed by atoms with van der Waals surface area (Å²) >= 11 is 0. The number of ether oxygens (including phenoxy) is 1. The summed E-state index contributed by atoms with van der Waals surface area (Å²) in [5.41, 5.74) is 11.2. The van der Waals surface area contributed by atoms with Crippen LogP contribution in [0, 0.1) is 0 Å². The van der Waals surface area contributed by atoms with Crippen LogP contribution in [-0.4, -0.2) is 44.7 Å². The zero-order valence-corrected chi connectivity index (χ0v) is 23.8. The van der Waals surface area contributed by atoms with Gasteiger partial charge in [-0.3, -0.25) is 4.79 Å². The largest absolute Gasteiger partial charge is 0.447 e. The highest BCUT2D eigenvalue weighted by atomic mass is 16.6. The maximum Gasteiger partial charge on any atom is 0.407 e. The van der Waals surface area contributed by atoms with Crippen LogP contribution in [0.2, 0.25) is 0 Å². The molecule has 1 saturated heterocycles. The average Bonchev–Trinajstić information content (AvgIpc) is 3.37. The first-order chi connectivity index (χ1) is 20.1. The van der Waals surface area contributed by atoms with Gasteiger partial charge in [-0.1, -0.05) is 69.3 Å². The first-order valence-corrected chi connectivity index (χ1v) is 13.8. The smallest absolute Gasteiger partial charge is 0.407 e. The van der Waals surface area contributed by atoms with Crippen molar-refractivity contribution in [3.63, 3.8) is 0 Å². The second kappa shape index (κ2) is 12.0. The number of rotatable bonds is 8. The average molecular weight is 567 g/mol. The fourth-order valence-corrected chi connectivity index (χ4v) is 4.83. The molecule has 0 spiro atoms. The van der Waals surface area contributed by atoms with Crippen molar-refractivity contribution < 1.29 is 19.4 Å². The Morgan fingerprint density at radius 3 is 2.38 bits per heavy atom. The lowest BCUT2D eigenvalue weighted by Gasteiger charge is -2.19. The summed E-state index contributed by atoms with van der Waals surface area (Å²) in [4.78, 5) is 37.6. The second-order valence-electron chi connectivity index (χ2n) is 11.3. The lowest BCUT2D eigenvalue weighted by molar-refractivity contribution is 0.102. The van der Waals surface area contributed by atoms with Crippen molar-refractivity contribution in [2.24, 2.45) is 0 Å². The minimum Gasteiger partial charge on any atom is -0.447 e. The molecule has 2 heterocycles. The van der Waals surface area contributed by atoms with E-state index in [1.165, 1.54) is 0 Å². The van der Waals surface area contributed by atoms with Gasteiger partial charge in [-0.05, 0) is 46.7 Å². The maximum absolute atomic E-state index is 13.1. The van der Waals surface area contributed by atoms with Crippen molar-refractivity contribution in [1.82, 2.24) is 20.3 Å². The van der Waals surface area contributed by atoms with Crippen LogP contribution >= 0.6 is 0 Å². The molecule has 42 heavy (non-hydrogen) atoms. The molecule has 1 aliphatic rings. The predicted molar refractivity (Wildman–Crippen MR) is 160 cm³/mol. The Balaban J connectivity index is 1.34. The van der Waals surface area contributed by atoms with Crippen LogP contribution in [0.25, 0.3) is 11.4 Å². The van der Waals surface area contributed by atoms with Crippen molar-refractivity contribution in [2.75, 3.05) is 17.7 Å². The quantitative estimate of drug-likeness (QED) is 0.245. The number of aliphatic hydroxyl groups excluding tert-OH is 1. The Labute approximate surface area is 244 Å². The molecule has 10 heteroatoms. The number of hydrogen-bond donors (Lipinski definition) is 4. The fraction of sp³-hybridized carbons (Fsp3) is 0.281. The number of cyclic esters (lactones) is 1. The summed E-state index contributed by atoms with van der Waals surface area (Å²) in [5, 5.41) is 16.0. The summed E-state index contributed by atoms with van der Waals surface area (Å²) < 4.78 is 4.96. The van der Waals surface area contributed by atoms with Crippen LogP contribution < -0.4 is 16.4 Å². The lowest BCUT2D eigenvalue weighted by atomic mass is 9.86. The molecule has 4 aromatic rings. The van der Waals surface area contributed by atoms with Crippen LogP contribution in [0.1, 0.15) is 59.2 Å². The molecule has 0 aliphatic carbocycles. The van der Waals surface area contributed by atoms with E-state index in [0.29, 0.717) is 53.5 Å². The van der Waals surface area contributed by atoms with Gasteiger partial charge in [0, 0.05) is 28.8 Å². The molecule has 0 bridgehead atoms. The van der Waals surface area contributed by atoms with Gasteiger partial charge in [0.15, 0.2) is 5.82 Å². The van der Waals surface area contributed by atoms with Crippen molar-refractivity contribution in [2.45, 2.75) is 51.7 Å². The van der Waals surface area contributed by atoms with E-state index in [-0.39, 0.29) is 36.0 Å². The van der Waals surface area contributed by atoms with Crippen LogP contribution in [0.3, 0.4) is 0 Å². The van der Waals surface area contributed by atoms with Crippen LogP contribution in [0.5, 0.6) is 0 Å². The first kappa shape index (κ1) is 28.7. The summed E-state index contributed by atoms with van der Waals surface area (Å²) in [5.74, 6) is 0.546. The number of benzene rings is 3. The second-order valence-corrected chi connectivity index (χ2v) is 11.3. The SMILES string of the molecule is CC(C)(C)c1ccc(C(=O)Nc2cccc(-c3nc(N)nc(Cc4ccc(C[C@H]5COC(=O)N5)cc4)n3)c2CO)cc1. The van der Waals surface area contributed by atoms with E-state index in [1.807, 2.05) is 36.4 Å². The molecule has 5 rings (SSSR count). The number of aliphatic hydroxyl groups is 1. The highest BCUT2D eigenvalue weighted by molar-refractivity contribution is 6.05. The third-order valence-electron chi connectivity index (χ3n) is 7.14. The topological polar surface area (TPSA) is 152 Å². The molecule has 0 radical (unpaired) electrons. The molecular weight excluding hydrogens is 532 g/mol. The fourth-order valence-electron chi connectivity index (χ4n) is 4.83. The van der Waals surface area contributed by atoms with E-state index >= 15 is 0 Å². The van der Waals surface area contributed by atoms with Gasteiger partial charge in [0.2, 0.25) is 5.95 Å². The highest BCUT2D eigenvalue weighted by Gasteiger charge is 2.22. The number of nitrogens with two attached hydrogens (primary N) is 1. The molecule has 1 aromatic heterocycles. The van der Waals surface area contributed by atoms with Crippen LogP contribution in [0.15, 0.2) is 66.7 Å². The van der Waals surface area contributed by atoms with Crippen LogP contribution in [0.4, 0.5) is 16.4 Å². The van der Waals surface area contributed by atoms with Crippen molar-refractivity contribution in [3.8, 4) is 11.4 Å². The number of aromatic nitrogens is 3. The number of nitrogens with zero attached hydrogens (tertiary/aromatic N) is 3. The number of nitrogens with one attached hydrogen (secondary N) is 2. The first-order valence-electron chi connectivity index (χ1n) is 13.8. The molecular formula is C32H34N6O4. The monoisotopic (exact) mass is 566 g/mol. The van der Waals surface area contributed by atoms with Crippen LogP contribution in [-0.2, 0) is 29.6 Å². The summed E-state index contributed by atoms with van der Waals surface area (Å²) in [6.07, 6.45) is 0.704. The third kappa shape index (κ3) is 6.72. The normalized spacial score (nSPS) is 14.8. The molecule has 1 aliphatic heterocycles. The molecule has 5 N–H and O–H groups in total. The van der Waals surface area contributed by atoms with E-state index in [1.54, 1.807) is 30.3 Å². The molecule has 3 aromatic carbocycles. The Morgan fingerprint density at radius 2 is 1.74 bits per heavy atom. The zero-order chi connectivity index (χ0) is 29.9. The summed E-state index contributed by atoms with van der Waals surface area (Å²) in [6, 6.07) is 20.7.